The summed E-state index contributed by atoms with van der Waals surface area (Å²) < 4.78 is 1.80. The third-order valence-electron chi connectivity index (χ3n) is 2.03. The van der Waals surface area contributed by atoms with Gasteiger partial charge in [-0.25, -0.2) is 4.98 Å². The quantitative estimate of drug-likeness (QED) is 0.701. The Bertz CT molecular complexity index is 319. The average Bonchev–Trinajstić information content (AvgIpc) is 2.31. The zero-order valence-corrected chi connectivity index (χ0v) is 7.69. The molecule has 0 aliphatic rings. The smallest absolute Gasteiger partial charge is 0.305 e. The highest BCUT2D eigenvalue weighted by Gasteiger charge is 2.14. The minimum Gasteiger partial charge on any atom is -0.481 e. The van der Waals surface area contributed by atoms with Crippen LogP contribution >= 0.6 is 0 Å². The highest BCUT2D eigenvalue weighted by Crippen LogP contribution is 2.13. The Labute approximate surface area is 76.2 Å². The lowest BCUT2D eigenvalue weighted by Crippen LogP contribution is -2.18. The highest BCUT2D eigenvalue weighted by atomic mass is 16.4. The van der Waals surface area contributed by atoms with E-state index in [0.717, 1.165) is 11.5 Å². The standard InChI is InChI=1S/C8H13N3O2/c1-5-10-4-7(11(5)2)6(9)3-8(12)13/h4,6H,3,9H2,1-2H3,(H,12,13)/t6-/m1/s1. The Morgan fingerprint density at radius 2 is 2.46 bits per heavy atom. The Balaban J connectivity index is 2.82. The van der Waals surface area contributed by atoms with E-state index in [1.165, 1.54) is 0 Å². The lowest BCUT2D eigenvalue weighted by molar-refractivity contribution is -0.137. The Morgan fingerprint density at radius 3 is 2.85 bits per heavy atom. The van der Waals surface area contributed by atoms with Crippen LogP contribution < -0.4 is 5.73 Å². The molecular weight excluding hydrogens is 170 g/mol. The maximum atomic E-state index is 10.4. The summed E-state index contributed by atoms with van der Waals surface area (Å²) in [6.45, 7) is 1.84. The largest absolute Gasteiger partial charge is 0.481 e. The topological polar surface area (TPSA) is 81.1 Å². The van der Waals surface area contributed by atoms with E-state index in [1.54, 1.807) is 10.8 Å². The first-order valence-electron chi connectivity index (χ1n) is 3.98. The second-order valence-corrected chi connectivity index (χ2v) is 2.99. The van der Waals surface area contributed by atoms with Gasteiger partial charge in [0.1, 0.15) is 5.82 Å². The molecule has 3 N–H and O–H groups in total. The van der Waals surface area contributed by atoms with Gasteiger partial charge in [-0.1, -0.05) is 0 Å². The van der Waals surface area contributed by atoms with Gasteiger partial charge in [-0.05, 0) is 6.92 Å². The second kappa shape index (κ2) is 3.57. The van der Waals surface area contributed by atoms with E-state index in [4.69, 9.17) is 10.8 Å². The zero-order valence-electron chi connectivity index (χ0n) is 7.69. The van der Waals surface area contributed by atoms with Gasteiger partial charge in [0.15, 0.2) is 0 Å². The second-order valence-electron chi connectivity index (χ2n) is 2.99. The van der Waals surface area contributed by atoms with Crippen LogP contribution in [0.4, 0.5) is 0 Å². The molecule has 1 rings (SSSR count). The Morgan fingerprint density at radius 1 is 1.85 bits per heavy atom. The summed E-state index contributed by atoms with van der Waals surface area (Å²) in [6, 6.07) is -0.483. The number of rotatable bonds is 3. The maximum absolute atomic E-state index is 10.4. The first kappa shape index (κ1) is 9.73. The first-order valence-corrected chi connectivity index (χ1v) is 3.98. The minimum atomic E-state index is -0.897. The molecule has 72 valence electrons. The van der Waals surface area contributed by atoms with Gasteiger partial charge in [-0.2, -0.15) is 0 Å². The monoisotopic (exact) mass is 183 g/mol. The number of nitrogens with zero attached hydrogens (tertiary/aromatic N) is 2. The molecular formula is C8H13N3O2. The van der Waals surface area contributed by atoms with Crippen molar-refractivity contribution in [2.45, 2.75) is 19.4 Å². The van der Waals surface area contributed by atoms with E-state index in [1.807, 2.05) is 14.0 Å². The molecule has 0 saturated heterocycles. The van der Waals surface area contributed by atoms with E-state index in [-0.39, 0.29) is 6.42 Å². The zero-order chi connectivity index (χ0) is 10.0. The molecule has 0 aliphatic carbocycles. The van der Waals surface area contributed by atoms with Crippen LogP contribution in [0.15, 0.2) is 6.20 Å². The molecule has 0 amide bonds. The van der Waals surface area contributed by atoms with Crippen molar-refractivity contribution < 1.29 is 9.90 Å². The van der Waals surface area contributed by atoms with E-state index in [0.29, 0.717) is 0 Å². The Hall–Kier alpha value is -1.36. The molecule has 1 atom stereocenters. The van der Waals surface area contributed by atoms with Crippen LogP contribution in [-0.4, -0.2) is 20.6 Å². The summed E-state index contributed by atoms with van der Waals surface area (Å²) in [5.41, 5.74) is 6.42. The Kier molecular flexibility index (Phi) is 2.67. The number of hydrogen-bond donors (Lipinski definition) is 2. The first-order chi connectivity index (χ1) is 6.02. The fourth-order valence-electron chi connectivity index (χ4n) is 1.16. The molecule has 5 nitrogen and oxygen atoms in total. The fraction of sp³-hybridized carbons (Fsp3) is 0.500. The van der Waals surface area contributed by atoms with Gasteiger partial charge in [0.2, 0.25) is 0 Å². The molecule has 1 heterocycles. The van der Waals surface area contributed by atoms with Crippen molar-refractivity contribution in [3.8, 4) is 0 Å². The molecule has 0 bridgehead atoms. The number of hydrogen-bond acceptors (Lipinski definition) is 3. The summed E-state index contributed by atoms with van der Waals surface area (Å²) in [5.74, 6) is -0.0674. The van der Waals surface area contributed by atoms with Gasteiger partial charge in [-0.15, -0.1) is 0 Å². The van der Waals surface area contributed by atoms with Crippen molar-refractivity contribution in [2.24, 2.45) is 12.8 Å². The molecule has 0 unspecified atom stereocenters. The highest BCUT2D eigenvalue weighted by molar-refractivity contribution is 5.67. The van der Waals surface area contributed by atoms with Crippen molar-refractivity contribution in [2.75, 3.05) is 0 Å². The molecule has 13 heavy (non-hydrogen) atoms. The van der Waals surface area contributed by atoms with E-state index >= 15 is 0 Å². The van der Waals surface area contributed by atoms with Crippen LogP contribution in [-0.2, 0) is 11.8 Å². The van der Waals surface area contributed by atoms with Crippen LogP contribution in [0.2, 0.25) is 0 Å². The van der Waals surface area contributed by atoms with Crippen LogP contribution in [0.5, 0.6) is 0 Å². The van der Waals surface area contributed by atoms with E-state index in [2.05, 4.69) is 4.98 Å². The minimum absolute atomic E-state index is 0.0705. The predicted molar refractivity (Wildman–Crippen MR) is 47.1 cm³/mol. The van der Waals surface area contributed by atoms with Crippen LogP contribution in [0.1, 0.15) is 24.0 Å². The number of aliphatic carboxylic acids is 1. The number of aromatic nitrogens is 2. The van der Waals surface area contributed by atoms with Gasteiger partial charge < -0.3 is 15.4 Å². The third kappa shape index (κ3) is 2.06. The van der Waals surface area contributed by atoms with Crippen molar-refractivity contribution in [1.82, 2.24) is 9.55 Å². The number of aryl methyl sites for hydroxylation is 1. The van der Waals surface area contributed by atoms with Gasteiger partial charge in [0.05, 0.1) is 24.4 Å². The normalized spacial score (nSPS) is 12.8. The van der Waals surface area contributed by atoms with E-state index in [9.17, 15) is 4.79 Å². The molecule has 5 heteroatoms. The van der Waals surface area contributed by atoms with Gasteiger partial charge in [0.25, 0.3) is 0 Å². The lowest BCUT2D eigenvalue weighted by atomic mass is 10.1. The average molecular weight is 183 g/mol. The van der Waals surface area contributed by atoms with Crippen molar-refractivity contribution >= 4 is 5.97 Å². The third-order valence-corrected chi connectivity index (χ3v) is 2.03. The molecule has 0 fully saturated rings. The molecule has 0 aliphatic heterocycles. The number of carbonyl (C=O) groups is 1. The molecule has 0 spiro atoms. The summed E-state index contributed by atoms with van der Waals surface area (Å²) in [6.07, 6.45) is 1.54. The van der Waals surface area contributed by atoms with Crippen LogP contribution in [0.3, 0.4) is 0 Å². The summed E-state index contributed by atoms with van der Waals surface area (Å²) in [5, 5.41) is 8.53. The number of imidazole rings is 1. The van der Waals surface area contributed by atoms with E-state index < -0.39 is 12.0 Å². The number of carboxylic acid groups (broad SMARTS) is 1. The SMILES string of the molecule is Cc1ncc([C@H](N)CC(=O)O)n1C. The number of carboxylic acids is 1. The van der Waals surface area contributed by atoms with Gasteiger partial charge in [-0.3, -0.25) is 4.79 Å². The van der Waals surface area contributed by atoms with Gasteiger partial charge in [0, 0.05) is 7.05 Å². The molecule has 1 aromatic rings. The molecule has 1 aromatic heterocycles. The summed E-state index contributed by atoms with van der Waals surface area (Å²) >= 11 is 0. The molecule has 0 aromatic carbocycles. The molecule has 0 radical (unpaired) electrons. The maximum Gasteiger partial charge on any atom is 0.305 e. The van der Waals surface area contributed by atoms with Gasteiger partial charge >= 0.3 is 5.97 Å². The van der Waals surface area contributed by atoms with Crippen LogP contribution in [0.25, 0.3) is 0 Å². The summed E-state index contributed by atoms with van der Waals surface area (Å²) in [7, 11) is 1.82. The lowest BCUT2D eigenvalue weighted by Gasteiger charge is -2.09. The fourth-order valence-corrected chi connectivity index (χ4v) is 1.16. The van der Waals surface area contributed by atoms with Crippen molar-refractivity contribution in [3.63, 3.8) is 0 Å². The predicted octanol–water partition coefficient (Wildman–Crippen LogP) is 0.203. The number of nitrogens with two attached hydrogens (primary N) is 1. The summed E-state index contributed by atoms with van der Waals surface area (Å²) in [4.78, 5) is 14.4. The molecule has 0 saturated carbocycles. The van der Waals surface area contributed by atoms with Crippen LogP contribution in [0, 0.1) is 6.92 Å². The van der Waals surface area contributed by atoms with Crippen molar-refractivity contribution in [1.29, 1.82) is 0 Å². The van der Waals surface area contributed by atoms with Crippen molar-refractivity contribution in [3.05, 3.63) is 17.7 Å².